The van der Waals surface area contributed by atoms with E-state index in [4.69, 9.17) is 0 Å². The number of amides is 1. The molecule has 1 amide bonds. The summed E-state index contributed by atoms with van der Waals surface area (Å²) in [7, 11) is 0. The van der Waals surface area contributed by atoms with Gasteiger partial charge in [0.1, 0.15) is 0 Å². The van der Waals surface area contributed by atoms with Crippen LogP contribution in [0.25, 0.3) is 16.9 Å². The van der Waals surface area contributed by atoms with Gasteiger partial charge in [-0.1, -0.05) is 58.4 Å². The van der Waals surface area contributed by atoms with Crippen molar-refractivity contribution >= 4 is 43.4 Å². The van der Waals surface area contributed by atoms with E-state index < -0.39 is 17.8 Å². The lowest BCUT2D eigenvalue weighted by molar-refractivity contribution is -0.142. The minimum atomic E-state index is -4.71. The number of hydrogen-bond acceptors (Lipinski definition) is 3. The van der Waals surface area contributed by atoms with Gasteiger partial charge in [0.05, 0.1) is 16.2 Å². The zero-order valence-corrected chi connectivity index (χ0v) is 19.7. The summed E-state index contributed by atoms with van der Waals surface area (Å²) in [6, 6.07) is 16.5. The Bertz CT molecular complexity index is 1290. The first-order valence-electron chi connectivity index (χ1n) is 9.43. The summed E-state index contributed by atoms with van der Waals surface area (Å²) < 4.78 is 43.0. The van der Waals surface area contributed by atoms with Gasteiger partial charge in [-0.3, -0.25) is 4.79 Å². The number of carbonyl (C=O) groups is 1. The predicted molar refractivity (Wildman–Crippen MR) is 121 cm³/mol. The van der Waals surface area contributed by atoms with E-state index in [1.54, 1.807) is 31.2 Å². The lowest BCUT2D eigenvalue weighted by atomic mass is 10.1. The van der Waals surface area contributed by atoms with Crippen molar-refractivity contribution in [3.05, 3.63) is 86.6 Å². The fourth-order valence-corrected chi connectivity index (χ4v) is 3.98. The predicted octanol–water partition coefficient (Wildman–Crippen LogP) is 6.43. The third-order valence-electron chi connectivity index (χ3n) is 4.83. The highest BCUT2D eigenvalue weighted by molar-refractivity contribution is 9.11. The van der Waals surface area contributed by atoms with Gasteiger partial charge in [-0.05, 0) is 46.6 Å². The maximum absolute atomic E-state index is 13.8. The number of fused-ring (bicyclic) bond motifs is 1. The fourth-order valence-electron chi connectivity index (χ4n) is 3.20. The van der Waals surface area contributed by atoms with Gasteiger partial charge in [0.2, 0.25) is 0 Å². The van der Waals surface area contributed by atoms with Crippen molar-refractivity contribution in [3.8, 4) is 11.3 Å². The normalized spacial score (nSPS) is 12.7. The van der Waals surface area contributed by atoms with Crippen LogP contribution in [0.1, 0.15) is 34.7 Å². The molecule has 0 saturated carbocycles. The molecule has 0 radical (unpaired) electrons. The molecular weight excluding hydrogens is 553 g/mol. The van der Waals surface area contributed by atoms with Gasteiger partial charge in [0, 0.05) is 10.0 Å². The quantitative estimate of drug-likeness (QED) is 0.309. The third-order valence-corrected chi connectivity index (χ3v) is 6.08. The number of hydrogen-bond donors (Lipinski definition) is 1. The van der Waals surface area contributed by atoms with E-state index in [2.05, 4.69) is 47.3 Å². The minimum absolute atomic E-state index is 0.0831. The SMILES string of the molecule is CC(NC(=O)c1nn2c(C(F)(F)F)cc(-c3ccc(Br)cc3)nc2c1Br)c1ccccc1. The summed E-state index contributed by atoms with van der Waals surface area (Å²) in [6.45, 7) is 1.78. The number of benzene rings is 2. The summed E-state index contributed by atoms with van der Waals surface area (Å²) in [5, 5.41) is 6.71. The van der Waals surface area contributed by atoms with Crippen LogP contribution in [0.4, 0.5) is 13.2 Å². The summed E-state index contributed by atoms with van der Waals surface area (Å²) >= 11 is 6.54. The first-order valence-corrected chi connectivity index (χ1v) is 11.0. The Labute approximate surface area is 197 Å². The molecule has 4 rings (SSSR count). The Hall–Kier alpha value is -2.72. The zero-order chi connectivity index (χ0) is 23.0. The van der Waals surface area contributed by atoms with Gasteiger partial charge < -0.3 is 5.32 Å². The average molecular weight is 568 g/mol. The standard InChI is InChI=1S/C22H15Br2F3N4O/c1-12(13-5-3-2-4-6-13)28-21(32)19-18(24)20-29-16(14-7-9-15(23)10-8-14)11-17(22(25,26)27)31(20)30-19/h2-12H,1H3,(H,28,32). The van der Waals surface area contributed by atoms with Crippen molar-refractivity contribution in [2.24, 2.45) is 0 Å². The molecule has 2 aromatic carbocycles. The van der Waals surface area contributed by atoms with Crippen molar-refractivity contribution < 1.29 is 18.0 Å². The maximum Gasteiger partial charge on any atom is 0.433 e. The van der Waals surface area contributed by atoms with E-state index in [1.807, 2.05) is 30.3 Å². The summed E-state index contributed by atoms with van der Waals surface area (Å²) in [4.78, 5) is 17.2. The van der Waals surface area contributed by atoms with E-state index in [-0.39, 0.29) is 27.5 Å². The van der Waals surface area contributed by atoms with Gasteiger partial charge in [0.15, 0.2) is 17.0 Å². The maximum atomic E-state index is 13.8. The molecule has 1 N–H and O–H groups in total. The van der Waals surface area contributed by atoms with Crippen LogP contribution >= 0.6 is 31.9 Å². The molecule has 1 atom stereocenters. The van der Waals surface area contributed by atoms with Gasteiger partial charge in [-0.15, -0.1) is 0 Å². The third kappa shape index (κ3) is 4.42. The molecule has 10 heteroatoms. The molecule has 0 aliphatic carbocycles. The van der Waals surface area contributed by atoms with Gasteiger partial charge in [-0.2, -0.15) is 18.3 Å². The second-order valence-corrected chi connectivity index (χ2v) is 8.74. The Balaban J connectivity index is 1.79. The molecule has 0 spiro atoms. The highest BCUT2D eigenvalue weighted by atomic mass is 79.9. The fraction of sp³-hybridized carbons (Fsp3) is 0.136. The van der Waals surface area contributed by atoms with Crippen molar-refractivity contribution in [3.63, 3.8) is 0 Å². The van der Waals surface area contributed by atoms with Gasteiger partial charge in [0.25, 0.3) is 5.91 Å². The van der Waals surface area contributed by atoms with Crippen molar-refractivity contribution in [2.75, 3.05) is 0 Å². The number of halogens is 5. The molecule has 0 bridgehead atoms. The molecule has 2 aromatic heterocycles. The van der Waals surface area contributed by atoms with E-state index in [9.17, 15) is 18.0 Å². The molecule has 2 heterocycles. The van der Waals surface area contributed by atoms with Gasteiger partial charge in [-0.25, -0.2) is 9.50 Å². The summed E-state index contributed by atoms with van der Waals surface area (Å²) in [6.07, 6.45) is -4.71. The molecule has 0 saturated heterocycles. The second-order valence-electron chi connectivity index (χ2n) is 7.04. The molecular formula is C22H15Br2F3N4O. The van der Waals surface area contributed by atoms with E-state index in [0.717, 1.165) is 16.1 Å². The number of aromatic nitrogens is 3. The highest BCUT2D eigenvalue weighted by Crippen LogP contribution is 2.35. The number of alkyl halides is 3. The largest absolute Gasteiger partial charge is 0.433 e. The van der Waals surface area contributed by atoms with Crippen LogP contribution in [-0.4, -0.2) is 20.5 Å². The Morgan fingerprint density at radius 3 is 2.34 bits per heavy atom. The number of rotatable bonds is 4. The molecule has 1 unspecified atom stereocenters. The molecule has 0 fully saturated rings. The van der Waals surface area contributed by atoms with Crippen LogP contribution in [0.15, 0.2) is 69.6 Å². The number of nitrogens with one attached hydrogen (secondary N) is 1. The molecule has 5 nitrogen and oxygen atoms in total. The number of carbonyl (C=O) groups excluding carboxylic acids is 1. The van der Waals surface area contributed by atoms with Crippen LogP contribution in [0.5, 0.6) is 0 Å². The highest BCUT2D eigenvalue weighted by Gasteiger charge is 2.36. The molecule has 0 aliphatic rings. The number of nitrogens with zero attached hydrogens (tertiary/aromatic N) is 3. The van der Waals surface area contributed by atoms with Crippen LogP contribution in [-0.2, 0) is 6.18 Å². The molecule has 32 heavy (non-hydrogen) atoms. The smallest absolute Gasteiger partial charge is 0.344 e. The molecule has 164 valence electrons. The lowest BCUT2D eigenvalue weighted by Crippen LogP contribution is -2.27. The first-order chi connectivity index (χ1) is 15.1. The lowest BCUT2D eigenvalue weighted by Gasteiger charge is -2.13. The van der Waals surface area contributed by atoms with E-state index >= 15 is 0 Å². The van der Waals surface area contributed by atoms with Crippen LogP contribution in [0.2, 0.25) is 0 Å². The Kier molecular flexibility index (Phi) is 6.09. The van der Waals surface area contributed by atoms with Crippen molar-refractivity contribution in [1.29, 1.82) is 0 Å². The topological polar surface area (TPSA) is 59.3 Å². The summed E-state index contributed by atoms with van der Waals surface area (Å²) in [5.74, 6) is -0.614. The van der Waals surface area contributed by atoms with E-state index in [1.165, 1.54) is 0 Å². The van der Waals surface area contributed by atoms with Crippen LogP contribution in [0, 0.1) is 0 Å². The first kappa shape index (κ1) is 22.5. The summed E-state index contributed by atoms with van der Waals surface area (Å²) in [5.41, 5.74) is 0.151. The van der Waals surface area contributed by atoms with Gasteiger partial charge >= 0.3 is 6.18 Å². The molecule has 0 aliphatic heterocycles. The van der Waals surface area contributed by atoms with Crippen LogP contribution < -0.4 is 5.32 Å². The van der Waals surface area contributed by atoms with Crippen molar-refractivity contribution in [2.45, 2.75) is 19.1 Å². The zero-order valence-electron chi connectivity index (χ0n) is 16.5. The van der Waals surface area contributed by atoms with Crippen molar-refractivity contribution in [1.82, 2.24) is 19.9 Å². The van der Waals surface area contributed by atoms with E-state index in [0.29, 0.717) is 10.1 Å². The monoisotopic (exact) mass is 566 g/mol. The van der Waals surface area contributed by atoms with Crippen LogP contribution in [0.3, 0.4) is 0 Å². The second kappa shape index (κ2) is 8.67. The Morgan fingerprint density at radius 1 is 1.06 bits per heavy atom. The Morgan fingerprint density at radius 2 is 1.72 bits per heavy atom. The average Bonchev–Trinajstić information content (AvgIpc) is 3.10. The minimum Gasteiger partial charge on any atom is -0.344 e. The molecule has 4 aromatic rings.